The van der Waals surface area contributed by atoms with Gasteiger partial charge in [-0.25, -0.2) is 21.1 Å². The zero-order valence-electron chi connectivity index (χ0n) is 16.3. The van der Waals surface area contributed by atoms with E-state index >= 15 is 0 Å². The summed E-state index contributed by atoms with van der Waals surface area (Å²) in [5, 5.41) is 0.392. The van der Waals surface area contributed by atoms with Gasteiger partial charge in [-0.05, 0) is 42.8 Å². The number of rotatable bonds is 5. The van der Waals surface area contributed by atoms with Crippen LogP contribution in [0.2, 0.25) is 5.02 Å². The van der Waals surface area contributed by atoms with Crippen molar-refractivity contribution in [3.8, 4) is 0 Å². The largest absolute Gasteiger partial charge is 0.337 e. The van der Waals surface area contributed by atoms with Crippen LogP contribution < -0.4 is 4.72 Å². The Kier molecular flexibility index (Phi) is 6.71. The molecule has 2 aromatic carbocycles. The zero-order chi connectivity index (χ0) is 21.9. The molecule has 11 heteroatoms. The van der Waals surface area contributed by atoms with E-state index in [0.29, 0.717) is 30.2 Å². The van der Waals surface area contributed by atoms with E-state index in [-0.39, 0.29) is 29.5 Å². The molecule has 30 heavy (non-hydrogen) atoms. The lowest BCUT2D eigenvalue weighted by atomic mass is 10.2. The first-order valence-corrected chi connectivity index (χ1v) is 12.9. The summed E-state index contributed by atoms with van der Waals surface area (Å²) in [4.78, 5) is 14.4. The fourth-order valence-corrected chi connectivity index (χ4v) is 5.33. The van der Waals surface area contributed by atoms with Crippen molar-refractivity contribution in [2.24, 2.45) is 0 Å². The van der Waals surface area contributed by atoms with Gasteiger partial charge in [0.25, 0.3) is 15.9 Å². The van der Waals surface area contributed by atoms with E-state index in [1.165, 1.54) is 28.6 Å². The minimum Gasteiger partial charge on any atom is -0.337 e. The summed E-state index contributed by atoms with van der Waals surface area (Å²) in [6.07, 6.45) is 1.65. The van der Waals surface area contributed by atoms with E-state index < -0.39 is 20.0 Å². The Morgan fingerprint density at radius 2 is 1.70 bits per heavy atom. The first-order valence-electron chi connectivity index (χ1n) is 9.19. The number of amides is 1. The Morgan fingerprint density at radius 3 is 2.40 bits per heavy atom. The van der Waals surface area contributed by atoms with Crippen molar-refractivity contribution in [1.29, 1.82) is 0 Å². The first kappa shape index (κ1) is 22.5. The average Bonchev–Trinajstić information content (AvgIpc) is 2.93. The van der Waals surface area contributed by atoms with Crippen molar-refractivity contribution in [3.63, 3.8) is 0 Å². The highest BCUT2D eigenvalue weighted by Crippen LogP contribution is 2.21. The second-order valence-electron chi connectivity index (χ2n) is 6.95. The number of nitrogens with one attached hydrogen (secondary N) is 1. The Labute approximate surface area is 181 Å². The molecule has 1 aliphatic rings. The van der Waals surface area contributed by atoms with Crippen LogP contribution in [0.5, 0.6) is 0 Å². The average molecular weight is 472 g/mol. The molecule has 1 N–H and O–H groups in total. The van der Waals surface area contributed by atoms with Gasteiger partial charge >= 0.3 is 0 Å². The SMILES string of the molecule is CS(=O)(=O)N1CCCN(C(=O)c2cccc(S(=O)(=O)Nc3cccc(Cl)c3)c2)CC1. The van der Waals surface area contributed by atoms with Gasteiger partial charge in [-0.1, -0.05) is 23.7 Å². The number of halogens is 1. The molecule has 0 spiro atoms. The normalized spacial score (nSPS) is 16.1. The number of carbonyl (C=O) groups is 1. The maximum absolute atomic E-state index is 12.9. The van der Waals surface area contributed by atoms with Gasteiger partial charge < -0.3 is 4.90 Å². The number of benzene rings is 2. The highest BCUT2D eigenvalue weighted by molar-refractivity contribution is 7.92. The molecule has 1 saturated heterocycles. The molecule has 1 aliphatic heterocycles. The number of hydrogen-bond donors (Lipinski definition) is 1. The van der Waals surface area contributed by atoms with Gasteiger partial charge in [0, 0.05) is 36.8 Å². The number of anilines is 1. The fourth-order valence-electron chi connectivity index (χ4n) is 3.17. The van der Waals surface area contributed by atoms with Gasteiger partial charge in [0.05, 0.1) is 16.8 Å². The summed E-state index contributed by atoms with van der Waals surface area (Å²) >= 11 is 5.90. The topological polar surface area (TPSA) is 104 Å². The standard InChI is InChI=1S/C19H22ClN3O5S2/c1-29(25,26)23-10-4-9-22(11-12-23)19(24)15-5-2-8-18(13-15)30(27,28)21-17-7-3-6-16(20)14-17/h2-3,5-8,13-14,21H,4,9-12H2,1H3. The highest BCUT2D eigenvalue weighted by atomic mass is 35.5. The van der Waals surface area contributed by atoms with Crippen LogP contribution in [0.25, 0.3) is 0 Å². The molecule has 1 heterocycles. The second kappa shape index (κ2) is 8.93. The third-order valence-corrected chi connectivity index (χ3v) is 7.60. The summed E-state index contributed by atoms with van der Waals surface area (Å²) in [6.45, 7) is 1.19. The van der Waals surface area contributed by atoms with Crippen LogP contribution >= 0.6 is 11.6 Å². The van der Waals surface area contributed by atoms with Crippen molar-refractivity contribution in [1.82, 2.24) is 9.21 Å². The Hall–Kier alpha value is -2.14. The van der Waals surface area contributed by atoms with Crippen LogP contribution in [0, 0.1) is 0 Å². The van der Waals surface area contributed by atoms with Crippen LogP contribution in [-0.4, -0.2) is 64.4 Å². The third-order valence-electron chi connectivity index (χ3n) is 4.68. The van der Waals surface area contributed by atoms with E-state index in [4.69, 9.17) is 11.6 Å². The maximum Gasteiger partial charge on any atom is 0.261 e. The number of hydrogen-bond acceptors (Lipinski definition) is 5. The van der Waals surface area contributed by atoms with Gasteiger partial charge in [-0.3, -0.25) is 9.52 Å². The van der Waals surface area contributed by atoms with Crippen LogP contribution in [0.4, 0.5) is 5.69 Å². The lowest BCUT2D eigenvalue weighted by Crippen LogP contribution is -2.37. The molecule has 0 atom stereocenters. The monoisotopic (exact) mass is 471 g/mol. The first-order chi connectivity index (χ1) is 14.1. The molecule has 1 amide bonds. The van der Waals surface area contributed by atoms with Crippen LogP contribution in [0.3, 0.4) is 0 Å². The number of carbonyl (C=O) groups excluding carboxylic acids is 1. The van der Waals surface area contributed by atoms with E-state index in [1.807, 2.05) is 0 Å². The summed E-state index contributed by atoms with van der Waals surface area (Å²) in [6, 6.07) is 12.1. The van der Waals surface area contributed by atoms with E-state index in [0.717, 1.165) is 6.26 Å². The number of sulfonamides is 2. The molecular weight excluding hydrogens is 450 g/mol. The summed E-state index contributed by atoms with van der Waals surface area (Å²) in [5.74, 6) is -0.342. The van der Waals surface area contributed by atoms with Gasteiger partial charge in [-0.2, -0.15) is 0 Å². The molecule has 0 radical (unpaired) electrons. The van der Waals surface area contributed by atoms with Gasteiger partial charge in [0.2, 0.25) is 10.0 Å². The summed E-state index contributed by atoms with van der Waals surface area (Å²) in [7, 11) is -7.24. The minimum absolute atomic E-state index is 0.0547. The molecule has 162 valence electrons. The van der Waals surface area contributed by atoms with Crippen LogP contribution in [0.1, 0.15) is 16.8 Å². The van der Waals surface area contributed by atoms with E-state index in [1.54, 1.807) is 29.2 Å². The third kappa shape index (κ3) is 5.51. The Balaban J connectivity index is 1.78. The quantitative estimate of drug-likeness (QED) is 0.720. The van der Waals surface area contributed by atoms with Crippen molar-refractivity contribution in [3.05, 3.63) is 59.1 Å². The molecule has 8 nitrogen and oxygen atoms in total. The molecule has 0 unspecified atom stereocenters. The molecule has 0 aromatic heterocycles. The van der Waals surface area contributed by atoms with E-state index in [9.17, 15) is 21.6 Å². The second-order valence-corrected chi connectivity index (χ2v) is 11.1. The van der Waals surface area contributed by atoms with Crippen LogP contribution in [-0.2, 0) is 20.0 Å². The predicted molar refractivity (Wildman–Crippen MR) is 116 cm³/mol. The van der Waals surface area contributed by atoms with Gasteiger partial charge in [0.1, 0.15) is 0 Å². The lowest BCUT2D eigenvalue weighted by molar-refractivity contribution is 0.0764. The van der Waals surface area contributed by atoms with Crippen molar-refractivity contribution >= 4 is 43.2 Å². The predicted octanol–water partition coefficient (Wildman–Crippen LogP) is 2.25. The lowest BCUT2D eigenvalue weighted by Gasteiger charge is -2.21. The maximum atomic E-state index is 12.9. The van der Waals surface area contributed by atoms with Crippen LogP contribution in [0.15, 0.2) is 53.4 Å². The summed E-state index contributed by atoms with van der Waals surface area (Å²) < 4.78 is 52.7. The molecular formula is C19H22ClN3O5S2. The van der Waals surface area contributed by atoms with E-state index in [2.05, 4.69) is 4.72 Å². The fraction of sp³-hybridized carbons (Fsp3) is 0.316. The summed E-state index contributed by atoms with van der Waals surface area (Å²) in [5.41, 5.74) is 0.532. The molecule has 3 rings (SSSR count). The van der Waals surface area contributed by atoms with Crippen molar-refractivity contribution in [2.45, 2.75) is 11.3 Å². The molecule has 0 bridgehead atoms. The Morgan fingerprint density at radius 1 is 0.967 bits per heavy atom. The van der Waals surface area contributed by atoms with Crippen molar-refractivity contribution < 1.29 is 21.6 Å². The zero-order valence-corrected chi connectivity index (χ0v) is 18.7. The Bertz CT molecular complexity index is 1150. The van der Waals surface area contributed by atoms with Gasteiger partial charge in [-0.15, -0.1) is 0 Å². The molecule has 2 aromatic rings. The molecule has 0 aliphatic carbocycles. The molecule has 0 saturated carbocycles. The van der Waals surface area contributed by atoms with Gasteiger partial charge in [0.15, 0.2) is 0 Å². The van der Waals surface area contributed by atoms with Crippen molar-refractivity contribution in [2.75, 3.05) is 37.2 Å². The molecule has 1 fully saturated rings. The minimum atomic E-state index is -3.92. The number of nitrogens with zero attached hydrogens (tertiary/aromatic N) is 2. The highest BCUT2D eigenvalue weighted by Gasteiger charge is 2.25. The smallest absolute Gasteiger partial charge is 0.261 e.